The SMILES string of the molecule is COC1CCC(N=C(N)c2ccccc2)C1. The number of methoxy groups -OCH3 is 1. The Kier molecular flexibility index (Phi) is 3.57. The number of nitrogens with two attached hydrogens (primary N) is 1. The van der Waals surface area contributed by atoms with Crippen LogP contribution in [0.5, 0.6) is 0 Å². The van der Waals surface area contributed by atoms with Crippen LogP contribution in [0.1, 0.15) is 24.8 Å². The third kappa shape index (κ3) is 2.61. The minimum absolute atomic E-state index is 0.324. The summed E-state index contributed by atoms with van der Waals surface area (Å²) in [5.74, 6) is 0.641. The molecule has 0 amide bonds. The van der Waals surface area contributed by atoms with Gasteiger partial charge in [0.15, 0.2) is 0 Å². The summed E-state index contributed by atoms with van der Waals surface area (Å²) in [5, 5.41) is 0. The van der Waals surface area contributed by atoms with Crippen molar-refractivity contribution >= 4 is 5.84 Å². The average Bonchev–Trinajstić information content (AvgIpc) is 2.78. The lowest BCUT2D eigenvalue weighted by atomic mass is 10.2. The Morgan fingerprint density at radius 1 is 1.31 bits per heavy atom. The van der Waals surface area contributed by atoms with Crippen LogP contribution in [-0.2, 0) is 4.74 Å². The molecule has 0 saturated heterocycles. The Labute approximate surface area is 96.3 Å². The van der Waals surface area contributed by atoms with Gasteiger partial charge in [0.1, 0.15) is 5.84 Å². The topological polar surface area (TPSA) is 47.6 Å². The van der Waals surface area contributed by atoms with Gasteiger partial charge in [-0.2, -0.15) is 0 Å². The minimum Gasteiger partial charge on any atom is -0.383 e. The maximum atomic E-state index is 5.97. The summed E-state index contributed by atoms with van der Waals surface area (Å²) in [4.78, 5) is 4.56. The first-order valence-electron chi connectivity index (χ1n) is 5.71. The molecule has 2 N–H and O–H groups in total. The first-order chi connectivity index (χ1) is 7.79. The summed E-state index contributed by atoms with van der Waals surface area (Å²) in [7, 11) is 1.76. The molecule has 0 heterocycles. The molecule has 1 fully saturated rings. The summed E-state index contributed by atoms with van der Waals surface area (Å²) < 4.78 is 5.32. The standard InChI is InChI=1S/C13H18N2O/c1-16-12-8-7-11(9-12)15-13(14)10-5-3-2-4-6-10/h2-6,11-12H,7-9H2,1H3,(H2,14,15). The van der Waals surface area contributed by atoms with E-state index in [1.807, 2.05) is 30.3 Å². The van der Waals surface area contributed by atoms with Crippen molar-refractivity contribution in [2.75, 3.05) is 7.11 Å². The summed E-state index contributed by atoms with van der Waals surface area (Å²) >= 11 is 0. The molecule has 1 saturated carbocycles. The third-order valence-electron chi connectivity index (χ3n) is 3.08. The van der Waals surface area contributed by atoms with Crippen molar-refractivity contribution in [2.45, 2.75) is 31.4 Å². The van der Waals surface area contributed by atoms with Gasteiger partial charge in [0.2, 0.25) is 0 Å². The number of ether oxygens (including phenoxy) is 1. The molecule has 1 aromatic rings. The van der Waals surface area contributed by atoms with Crippen LogP contribution >= 0.6 is 0 Å². The lowest BCUT2D eigenvalue weighted by molar-refractivity contribution is 0.108. The second-order valence-electron chi connectivity index (χ2n) is 4.20. The summed E-state index contributed by atoms with van der Waals surface area (Å²) in [6, 6.07) is 10.2. The van der Waals surface area contributed by atoms with Gasteiger partial charge in [-0.3, -0.25) is 4.99 Å². The van der Waals surface area contributed by atoms with Gasteiger partial charge in [0.25, 0.3) is 0 Å². The first kappa shape index (κ1) is 11.1. The van der Waals surface area contributed by atoms with Gasteiger partial charge in [-0.25, -0.2) is 0 Å². The van der Waals surface area contributed by atoms with Crippen LogP contribution in [0.4, 0.5) is 0 Å². The van der Waals surface area contributed by atoms with Crippen LogP contribution < -0.4 is 5.73 Å². The van der Waals surface area contributed by atoms with Crippen molar-refractivity contribution in [3.63, 3.8) is 0 Å². The van der Waals surface area contributed by atoms with Crippen molar-refractivity contribution in [3.05, 3.63) is 35.9 Å². The van der Waals surface area contributed by atoms with Crippen molar-refractivity contribution in [2.24, 2.45) is 10.7 Å². The molecular weight excluding hydrogens is 200 g/mol. The molecule has 3 heteroatoms. The summed E-state index contributed by atoms with van der Waals surface area (Å²) in [6.07, 6.45) is 3.51. The van der Waals surface area contributed by atoms with Crippen LogP contribution in [-0.4, -0.2) is 25.1 Å². The lowest BCUT2D eigenvalue weighted by Gasteiger charge is -2.07. The van der Waals surface area contributed by atoms with Crippen LogP contribution in [0.15, 0.2) is 35.3 Å². The van der Waals surface area contributed by atoms with Gasteiger partial charge < -0.3 is 10.5 Å². The highest BCUT2D eigenvalue weighted by Crippen LogP contribution is 2.24. The molecule has 0 spiro atoms. The molecule has 1 aliphatic rings. The predicted molar refractivity (Wildman–Crippen MR) is 65.6 cm³/mol. The van der Waals surface area contributed by atoms with Gasteiger partial charge in [0, 0.05) is 12.7 Å². The van der Waals surface area contributed by atoms with Crippen LogP contribution in [0, 0.1) is 0 Å². The number of aliphatic imine (C=N–C) groups is 1. The zero-order valence-corrected chi connectivity index (χ0v) is 9.60. The predicted octanol–water partition coefficient (Wildman–Crippen LogP) is 1.96. The molecule has 2 unspecified atom stereocenters. The summed E-state index contributed by atoms with van der Waals surface area (Å²) in [5.41, 5.74) is 6.97. The van der Waals surface area contributed by atoms with Crippen LogP contribution in [0.2, 0.25) is 0 Å². The Morgan fingerprint density at radius 3 is 2.69 bits per heavy atom. The monoisotopic (exact) mass is 218 g/mol. The molecule has 2 atom stereocenters. The summed E-state index contributed by atoms with van der Waals surface area (Å²) in [6.45, 7) is 0. The normalized spacial score (nSPS) is 25.9. The van der Waals surface area contributed by atoms with Crippen molar-refractivity contribution in [1.29, 1.82) is 0 Å². The van der Waals surface area contributed by atoms with Gasteiger partial charge in [-0.15, -0.1) is 0 Å². The number of hydrogen-bond donors (Lipinski definition) is 1. The van der Waals surface area contributed by atoms with Gasteiger partial charge in [-0.1, -0.05) is 30.3 Å². The zero-order chi connectivity index (χ0) is 11.4. The molecule has 0 aliphatic heterocycles. The van der Waals surface area contributed by atoms with Crippen LogP contribution in [0.25, 0.3) is 0 Å². The number of nitrogens with zero attached hydrogens (tertiary/aromatic N) is 1. The maximum absolute atomic E-state index is 5.97. The smallest absolute Gasteiger partial charge is 0.125 e. The number of rotatable bonds is 3. The van der Waals surface area contributed by atoms with E-state index in [2.05, 4.69) is 4.99 Å². The molecule has 0 radical (unpaired) electrons. The fraction of sp³-hybridized carbons (Fsp3) is 0.462. The number of hydrogen-bond acceptors (Lipinski definition) is 2. The van der Waals surface area contributed by atoms with E-state index < -0.39 is 0 Å². The highest BCUT2D eigenvalue weighted by molar-refractivity contribution is 5.97. The van der Waals surface area contributed by atoms with E-state index in [1.165, 1.54) is 0 Å². The fourth-order valence-corrected chi connectivity index (χ4v) is 2.13. The number of amidine groups is 1. The molecule has 1 aliphatic carbocycles. The highest BCUT2D eigenvalue weighted by atomic mass is 16.5. The molecule has 86 valence electrons. The Morgan fingerprint density at radius 2 is 2.06 bits per heavy atom. The van der Waals surface area contributed by atoms with Crippen LogP contribution in [0.3, 0.4) is 0 Å². The van der Waals surface area contributed by atoms with E-state index >= 15 is 0 Å². The molecular formula is C13H18N2O. The Hall–Kier alpha value is -1.35. The zero-order valence-electron chi connectivity index (χ0n) is 9.60. The molecule has 2 rings (SSSR count). The molecule has 3 nitrogen and oxygen atoms in total. The van der Waals surface area contributed by atoms with E-state index in [0.717, 1.165) is 24.8 Å². The maximum Gasteiger partial charge on any atom is 0.125 e. The van der Waals surface area contributed by atoms with Gasteiger partial charge >= 0.3 is 0 Å². The second-order valence-corrected chi connectivity index (χ2v) is 4.20. The van der Waals surface area contributed by atoms with Crippen molar-refractivity contribution in [1.82, 2.24) is 0 Å². The van der Waals surface area contributed by atoms with Gasteiger partial charge in [-0.05, 0) is 19.3 Å². The molecule has 0 bridgehead atoms. The Balaban J connectivity index is 2.02. The van der Waals surface area contributed by atoms with Crippen molar-refractivity contribution in [3.8, 4) is 0 Å². The fourth-order valence-electron chi connectivity index (χ4n) is 2.13. The van der Waals surface area contributed by atoms with Gasteiger partial charge in [0.05, 0.1) is 12.1 Å². The Bertz CT molecular complexity index is 361. The van der Waals surface area contributed by atoms with Crippen molar-refractivity contribution < 1.29 is 4.74 Å². The average molecular weight is 218 g/mol. The lowest BCUT2D eigenvalue weighted by Crippen LogP contribution is -2.17. The quantitative estimate of drug-likeness (QED) is 0.622. The van der Waals surface area contributed by atoms with E-state index in [1.54, 1.807) is 7.11 Å². The van der Waals surface area contributed by atoms with E-state index in [0.29, 0.717) is 18.0 Å². The van der Waals surface area contributed by atoms with E-state index in [4.69, 9.17) is 10.5 Å². The van der Waals surface area contributed by atoms with E-state index in [9.17, 15) is 0 Å². The van der Waals surface area contributed by atoms with E-state index in [-0.39, 0.29) is 0 Å². The molecule has 0 aromatic heterocycles. The largest absolute Gasteiger partial charge is 0.383 e. The third-order valence-corrected chi connectivity index (χ3v) is 3.08. The number of benzene rings is 1. The molecule has 1 aromatic carbocycles. The second kappa shape index (κ2) is 5.12. The first-order valence-corrected chi connectivity index (χ1v) is 5.71. The minimum atomic E-state index is 0.324. The molecule has 16 heavy (non-hydrogen) atoms. The highest BCUT2D eigenvalue weighted by Gasteiger charge is 2.24.